The SMILES string of the molecule is O=C1OCC/C1=C/OCCCCCCO/C=C1\CCOC1=O. The van der Waals surface area contributed by atoms with Crippen LogP contribution in [-0.4, -0.2) is 38.4 Å². The topological polar surface area (TPSA) is 71.1 Å². The summed E-state index contributed by atoms with van der Waals surface area (Å²) < 4.78 is 20.3. The van der Waals surface area contributed by atoms with Crippen molar-refractivity contribution in [2.45, 2.75) is 38.5 Å². The smallest absolute Gasteiger partial charge is 0.337 e. The second kappa shape index (κ2) is 9.12. The predicted octanol–water partition coefficient (Wildman–Crippen LogP) is 2.24. The molecule has 2 rings (SSSR count). The van der Waals surface area contributed by atoms with Gasteiger partial charge in [0, 0.05) is 12.8 Å². The fourth-order valence-corrected chi connectivity index (χ4v) is 2.15. The number of ether oxygens (including phenoxy) is 4. The highest BCUT2D eigenvalue weighted by Gasteiger charge is 2.19. The van der Waals surface area contributed by atoms with E-state index in [2.05, 4.69) is 0 Å². The maximum absolute atomic E-state index is 11.1. The molecule has 6 nitrogen and oxygen atoms in total. The van der Waals surface area contributed by atoms with Crippen molar-refractivity contribution in [2.75, 3.05) is 26.4 Å². The first-order valence-electron chi connectivity index (χ1n) is 7.73. The Labute approximate surface area is 130 Å². The Morgan fingerprint density at radius 2 is 1.23 bits per heavy atom. The summed E-state index contributed by atoms with van der Waals surface area (Å²) >= 11 is 0. The van der Waals surface area contributed by atoms with Crippen LogP contribution in [0.15, 0.2) is 23.7 Å². The van der Waals surface area contributed by atoms with Gasteiger partial charge in [0.15, 0.2) is 0 Å². The number of carbonyl (C=O) groups excluding carboxylic acids is 2. The Morgan fingerprint density at radius 1 is 0.773 bits per heavy atom. The van der Waals surface area contributed by atoms with Crippen LogP contribution in [0.2, 0.25) is 0 Å². The number of esters is 2. The van der Waals surface area contributed by atoms with Crippen LogP contribution in [0.3, 0.4) is 0 Å². The molecule has 0 unspecified atom stereocenters. The van der Waals surface area contributed by atoms with Crippen molar-refractivity contribution in [3.8, 4) is 0 Å². The van der Waals surface area contributed by atoms with Gasteiger partial charge in [-0.15, -0.1) is 0 Å². The molecule has 2 aliphatic rings. The van der Waals surface area contributed by atoms with E-state index in [1.165, 1.54) is 12.5 Å². The van der Waals surface area contributed by atoms with Gasteiger partial charge in [0.05, 0.1) is 50.1 Å². The molecule has 0 atom stereocenters. The van der Waals surface area contributed by atoms with Crippen molar-refractivity contribution < 1.29 is 28.5 Å². The molecule has 6 heteroatoms. The van der Waals surface area contributed by atoms with Crippen LogP contribution < -0.4 is 0 Å². The summed E-state index contributed by atoms with van der Waals surface area (Å²) in [4.78, 5) is 22.3. The van der Waals surface area contributed by atoms with Crippen molar-refractivity contribution in [2.24, 2.45) is 0 Å². The molecule has 0 bridgehead atoms. The van der Waals surface area contributed by atoms with Crippen LogP contribution in [0.25, 0.3) is 0 Å². The van der Waals surface area contributed by atoms with Gasteiger partial charge in [-0.25, -0.2) is 9.59 Å². The molecule has 2 saturated heterocycles. The van der Waals surface area contributed by atoms with Crippen LogP contribution in [-0.2, 0) is 28.5 Å². The number of hydrogen-bond donors (Lipinski definition) is 0. The highest BCUT2D eigenvalue weighted by Crippen LogP contribution is 2.14. The van der Waals surface area contributed by atoms with Gasteiger partial charge >= 0.3 is 11.9 Å². The molecule has 0 aromatic rings. The number of rotatable bonds is 9. The largest absolute Gasteiger partial charge is 0.501 e. The van der Waals surface area contributed by atoms with E-state index in [9.17, 15) is 9.59 Å². The van der Waals surface area contributed by atoms with Gasteiger partial charge in [0.2, 0.25) is 0 Å². The summed E-state index contributed by atoms with van der Waals surface area (Å²) in [5.41, 5.74) is 1.23. The molecule has 0 amide bonds. The minimum Gasteiger partial charge on any atom is -0.501 e. The first-order valence-corrected chi connectivity index (χ1v) is 7.73. The molecule has 22 heavy (non-hydrogen) atoms. The fourth-order valence-electron chi connectivity index (χ4n) is 2.15. The Balaban J connectivity index is 1.41. The Hall–Kier alpha value is -1.98. The maximum Gasteiger partial charge on any atom is 0.337 e. The van der Waals surface area contributed by atoms with Gasteiger partial charge < -0.3 is 18.9 Å². The average Bonchev–Trinajstić information content (AvgIpc) is 3.10. The zero-order valence-electron chi connectivity index (χ0n) is 12.7. The van der Waals surface area contributed by atoms with Gasteiger partial charge in [0.1, 0.15) is 0 Å². The molecule has 0 aliphatic carbocycles. The van der Waals surface area contributed by atoms with Crippen molar-refractivity contribution in [1.29, 1.82) is 0 Å². The number of hydrogen-bond acceptors (Lipinski definition) is 6. The zero-order valence-corrected chi connectivity index (χ0v) is 12.7. The number of cyclic esters (lactones) is 2. The third-order valence-corrected chi connectivity index (χ3v) is 3.46. The summed E-state index contributed by atoms with van der Waals surface area (Å²) in [5, 5.41) is 0. The third-order valence-electron chi connectivity index (χ3n) is 3.46. The van der Waals surface area contributed by atoms with Gasteiger partial charge in [0.25, 0.3) is 0 Å². The normalized spacial score (nSPS) is 21.3. The van der Waals surface area contributed by atoms with E-state index in [0.29, 0.717) is 50.4 Å². The third kappa shape index (κ3) is 5.42. The maximum atomic E-state index is 11.1. The minimum atomic E-state index is -0.266. The molecule has 0 N–H and O–H groups in total. The predicted molar refractivity (Wildman–Crippen MR) is 77.7 cm³/mol. The quantitative estimate of drug-likeness (QED) is 0.281. The lowest BCUT2D eigenvalue weighted by atomic mass is 10.2. The molecule has 0 spiro atoms. The molecule has 2 aliphatic heterocycles. The van der Waals surface area contributed by atoms with E-state index >= 15 is 0 Å². The minimum absolute atomic E-state index is 0.266. The number of unbranched alkanes of at least 4 members (excludes halogenated alkanes) is 3. The van der Waals surface area contributed by atoms with E-state index < -0.39 is 0 Å². The molecule has 2 heterocycles. The summed E-state index contributed by atoms with van der Waals surface area (Å²) in [6.07, 6.45) is 8.26. The summed E-state index contributed by atoms with van der Waals surface area (Å²) in [5.74, 6) is -0.533. The highest BCUT2D eigenvalue weighted by molar-refractivity contribution is 5.90. The van der Waals surface area contributed by atoms with Crippen molar-refractivity contribution in [3.05, 3.63) is 23.7 Å². The van der Waals surface area contributed by atoms with Gasteiger partial charge in [-0.1, -0.05) is 0 Å². The monoisotopic (exact) mass is 310 g/mol. The zero-order chi connectivity index (χ0) is 15.6. The first-order chi connectivity index (χ1) is 10.8. The number of carbonyl (C=O) groups is 2. The molecule has 122 valence electrons. The lowest BCUT2D eigenvalue weighted by molar-refractivity contribution is -0.136. The van der Waals surface area contributed by atoms with Crippen molar-refractivity contribution in [3.63, 3.8) is 0 Å². The van der Waals surface area contributed by atoms with Crippen LogP contribution in [0.1, 0.15) is 38.5 Å². The van der Waals surface area contributed by atoms with E-state index in [1.807, 2.05) is 0 Å². The lowest BCUT2D eigenvalue weighted by Crippen LogP contribution is -1.97. The second-order valence-electron chi connectivity index (χ2n) is 5.21. The average molecular weight is 310 g/mol. The van der Waals surface area contributed by atoms with Crippen molar-refractivity contribution >= 4 is 11.9 Å². The Kier molecular flexibility index (Phi) is 6.80. The summed E-state index contributed by atoms with van der Waals surface area (Å²) in [7, 11) is 0. The van der Waals surface area contributed by atoms with E-state index in [4.69, 9.17) is 18.9 Å². The van der Waals surface area contributed by atoms with Gasteiger partial charge in [-0.05, 0) is 25.7 Å². The molecular formula is C16H22O6. The standard InChI is InChI=1S/C16H22O6/c17-15-13(5-9-21-15)11-19-7-3-1-2-4-8-20-12-14-6-10-22-16(14)18/h11-12H,1-10H2/b13-11-,14-12+. The molecule has 0 radical (unpaired) electrons. The van der Waals surface area contributed by atoms with Gasteiger partial charge in [-0.3, -0.25) is 0 Å². The Bertz CT molecular complexity index is 410. The van der Waals surface area contributed by atoms with Crippen LogP contribution >= 0.6 is 0 Å². The van der Waals surface area contributed by atoms with E-state index in [1.54, 1.807) is 0 Å². The molecule has 0 aromatic carbocycles. The molecular weight excluding hydrogens is 288 g/mol. The first kappa shape index (κ1) is 16.4. The molecule has 0 aromatic heterocycles. The highest BCUT2D eigenvalue weighted by atomic mass is 16.5. The molecule has 2 fully saturated rings. The molecule has 0 saturated carbocycles. The van der Waals surface area contributed by atoms with Gasteiger partial charge in [-0.2, -0.15) is 0 Å². The summed E-state index contributed by atoms with van der Waals surface area (Å²) in [6.45, 7) is 2.13. The lowest BCUT2D eigenvalue weighted by Gasteiger charge is -2.03. The fraction of sp³-hybridized carbons (Fsp3) is 0.625. The summed E-state index contributed by atoms with van der Waals surface area (Å²) in [6, 6.07) is 0. The van der Waals surface area contributed by atoms with Crippen LogP contribution in [0.4, 0.5) is 0 Å². The Morgan fingerprint density at radius 3 is 1.59 bits per heavy atom. The van der Waals surface area contributed by atoms with E-state index in [-0.39, 0.29) is 11.9 Å². The van der Waals surface area contributed by atoms with Crippen LogP contribution in [0.5, 0.6) is 0 Å². The van der Waals surface area contributed by atoms with Crippen molar-refractivity contribution in [1.82, 2.24) is 0 Å². The second-order valence-corrected chi connectivity index (χ2v) is 5.21. The van der Waals surface area contributed by atoms with Crippen LogP contribution in [0, 0.1) is 0 Å². The van der Waals surface area contributed by atoms with E-state index in [0.717, 1.165) is 25.7 Å².